The predicted molar refractivity (Wildman–Crippen MR) is 132 cm³/mol. The molecule has 31 heavy (non-hydrogen) atoms. The monoisotopic (exact) mass is 402 g/mol. The van der Waals surface area contributed by atoms with E-state index in [2.05, 4.69) is 133 Å². The molecule has 0 aliphatic carbocycles. The lowest BCUT2D eigenvalue weighted by Crippen LogP contribution is -2.27. The molecule has 1 heterocycles. The minimum absolute atomic E-state index is 0.765. The van der Waals surface area contributed by atoms with Crippen LogP contribution in [0.4, 0.5) is 11.4 Å². The fourth-order valence-corrected chi connectivity index (χ4v) is 4.40. The molecule has 0 spiro atoms. The van der Waals surface area contributed by atoms with E-state index in [0.717, 1.165) is 6.67 Å². The van der Waals surface area contributed by atoms with E-state index in [0.29, 0.717) is 0 Å². The second kappa shape index (κ2) is 8.16. The summed E-state index contributed by atoms with van der Waals surface area (Å²) in [5.41, 5.74) is 9.99. The quantitative estimate of drug-likeness (QED) is 0.359. The van der Waals surface area contributed by atoms with Crippen LogP contribution in [-0.4, -0.2) is 6.67 Å². The molecule has 0 saturated carbocycles. The van der Waals surface area contributed by atoms with Gasteiger partial charge in [-0.15, -0.1) is 0 Å². The van der Waals surface area contributed by atoms with Gasteiger partial charge in [0.05, 0.1) is 11.4 Å². The number of rotatable bonds is 4. The maximum Gasteiger partial charge on any atom is 0.100 e. The molecule has 1 aliphatic rings. The Morgan fingerprint density at radius 2 is 0.806 bits per heavy atom. The number of benzene rings is 4. The molecular formula is C29H26N2. The topological polar surface area (TPSA) is 6.48 Å². The van der Waals surface area contributed by atoms with E-state index in [1.54, 1.807) is 0 Å². The largest absolute Gasteiger partial charge is 0.321 e. The van der Waals surface area contributed by atoms with Crippen molar-refractivity contribution >= 4 is 22.8 Å². The van der Waals surface area contributed by atoms with E-state index in [-0.39, 0.29) is 0 Å². The highest BCUT2D eigenvalue weighted by Gasteiger charge is 2.33. The van der Waals surface area contributed by atoms with Crippen LogP contribution >= 0.6 is 0 Å². The highest BCUT2D eigenvalue weighted by molar-refractivity contribution is 6.06. The van der Waals surface area contributed by atoms with E-state index < -0.39 is 0 Å². The Morgan fingerprint density at radius 1 is 0.452 bits per heavy atom. The highest BCUT2D eigenvalue weighted by atomic mass is 15.4. The summed E-state index contributed by atoms with van der Waals surface area (Å²) in [7, 11) is 0. The first-order valence-electron chi connectivity index (χ1n) is 10.8. The van der Waals surface area contributed by atoms with Gasteiger partial charge in [0.15, 0.2) is 0 Å². The Morgan fingerprint density at radius 3 is 1.19 bits per heavy atom. The Kier molecular flexibility index (Phi) is 5.05. The fourth-order valence-electron chi connectivity index (χ4n) is 4.40. The van der Waals surface area contributed by atoms with Gasteiger partial charge < -0.3 is 9.80 Å². The second-order valence-electron chi connectivity index (χ2n) is 8.00. The number of hydrogen-bond acceptors (Lipinski definition) is 2. The van der Waals surface area contributed by atoms with Crippen molar-refractivity contribution in [3.05, 3.63) is 131 Å². The first-order valence-corrected chi connectivity index (χ1v) is 10.8. The molecule has 0 aromatic heterocycles. The van der Waals surface area contributed by atoms with Crippen LogP contribution in [0.3, 0.4) is 0 Å². The van der Waals surface area contributed by atoms with Crippen molar-refractivity contribution < 1.29 is 0 Å². The van der Waals surface area contributed by atoms with E-state index in [9.17, 15) is 0 Å². The van der Waals surface area contributed by atoms with Gasteiger partial charge in [0.2, 0.25) is 0 Å². The summed E-state index contributed by atoms with van der Waals surface area (Å²) in [6.45, 7) is 5.17. The fraction of sp³-hybridized carbons (Fsp3) is 0.103. The summed E-state index contributed by atoms with van der Waals surface area (Å²) in [6, 6.07) is 38.8. The summed E-state index contributed by atoms with van der Waals surface area (Å²) >= 11 is 0. The molecule has 0 radical (unpaired) electrons. The van der Waals surface area contributed by atoms with Crippen LogP contribution in [0.1, 0.15) is 22.3 Å². The third kappa shape index (κ3) is 3.51. The van der Waals surface area contributed by atoms with Gasteiger partial charge in [-0.05, 0) is 49.2 Å². The summed E-state index contributed by atoms with van der Waals surface area (Å²) in [5, 5.41) is 0. The SMILES string of the molecule is Cc1ccccc1C1=C(c2ccccc2C)N(c2ccccc2)CN1c1ccccc1. The lowest BCUT2D eigenvalue weighted by molar-refractivity contribution is 0.985. The van der Waals surface area contributed by atoms with Crippen LogP contribution in [0.2, 0.25) is 0 Å². The average molecular weight is 403 g/mol. The lowest BCUT2D eigenvalue weighted by atomic mass is 9.98. The van der Waals surface area contributed by atoms with Crippen molar-refractivity contribution in [3.63, 3.8) is 0 Å². The molecule has 5 rings (SSSR count). The molecule has 4 aromatic rings. The normalized spacial score (nSPS) is 13.7. The molecule has 2 nitrogen and oxygen atoms in total. The van der Waals surface area contributed by atoms with Crippen LogP contribution < -0.4 is 9.80 Å². The minimum atomic E-state index is 0.765. The molecule has 0 saturated heterocycles. The van der Waals surface area contributed by atoms with Crippen LogP contribution in [-0.2, 0) is 0 Å². The van der Waals surface area contributed by atoms with Gasteiger partial charge >= 0.3 is 0 Å². The van der Waals surface area contributed by atoms with Crippen LogP contribution in [0.5, 0.6) is 0 Å². The molecule has 2 heteroatoms. The third-order valence-corrected chi connectivity index (χ3v) is 5.98. The predicted octanol–water partition coefficient (Wildman–Crippen LogP) is 7.11. The minimum Gasteiger partial charge on any atom is -0.321 e. The maximum absolute atomic E-state index is 2.44. The Bertz CT molecular complexity index is 1130. The van der Waals surface area contributed by atoms with E-state index >= 15 is 0 Å². The van der Waals surface area contributed by atoms with E-state index in [4.69, 9.17) is 0 Å². The van der Waals surface area contributed by atoms with Gasteiger partial charge in [0.25, 0.3) is 0 Å². The van der Waals surface area contributed by atoms with E-state index in [1.165, 1.54) is 45.0 Å². The number of aryl methyl sites for hydroxylation is 2. The molecule has 0 amide bonds. The summed E-state index contributed by atoms with van der Waals surface area (Å²) < 4.78 is 0. The standard InChI is InChI=1S/C29H26N2/c1-22-13-9-11-19-26(22)28-29(27-20-12-10-14-23(27)2)31(25-17-7-4-8-18-25)21-30(28)24-15-5-3-6-16-24/h3-20H,21H2,1-2H3. The molecule has 1 aliphatic heterocycles. The Hall–Kier alpha value is -3.78. The van der Waals surface area contributed by atoms with Crippen molar-refractivity contribution in [1.29, 1.82) is 0 Å². The number of anilines is 2. The van der Waals surface area contributed by atoms with E-state index in [1.807, 2.05) is 0 Å². The first-order chi connectivity index (χ1) is 15.2. The third-order valence-electron chi connectivity index (χ3n) is 5.98. The first kappa shape index (κ1) is 19.2. The van der Waals surface area contributed by atoms with Gasteiger partial charge in [-0.2, -0.15) is 0 Å². The molecular weight excluding hydrogens is 376 g/mol. The zero-order valence-corrected chi connectivity index (χ0v) is 18.0. The highest BCUT2D eigenvalue weighted by Crippen LogP contribution is 2.44. The van der Waals surface area contributed by atoms with Crippen molar-refractivity contribution in [3.8, 4) is 0 Å². The summed E-state index contributed by atoms with van der Waals surface area (Å²) in [5.74, 6) is 0. The van der Waals surface area contributed by atoms with Gasteiger partial charge in [0.1, 0.15) is 6.67 Å². The van der Waals surface area contributed by atoms with Gasteiger partial charge in [-0.3, -0.25) is 0 Å². The molecule has 0 atom stereocenters. The smallest absolute Gasteiger partial charge is 0.100 e. The number of hydrogen-bond donors (Lipinski definition) is 0. The molecule has 152 valence electrons. The van der Waals surface area contributed by atoms with Crippen molar-refractivity contribution in [1.82, 2.24) is 0 Å². The Balaban J connectivity index is 1.83. The zero-order chi connectivity index (χ0) is 21.2. The maximum atomic E-state index is 2.44. The van der Waals surface area contributed by atoms with Gasteiger partial charge in [-0.25, -0.2) is 0 Å². The molecule has 0 bridgehead atoms. The molecule has 0 fully saturated rings. The molecule has 0 N–H and O–H groups in total. The average Bonchev–Trinajstić information content (AvgIpc) is 3.21. The Labute approximate surface area is 184 Å². The van der Waals surface area contributed by atoms with Gasteiger partial charge in [-0.1, -0.05) is 84.9 Å². The number of nitrogens with zero attached hydrogens (tertiary/aromatic N) is 2. The zero-order valence-electron chi connectivity index (χ0n) is 18.0. The molecule has 4 aromatic carbocycles. The van der Waals surface area contributed by atoms with Crippen molar-refractivity contribution in [2.24, 2.45) is 0 Å². The number of para-hydroxylation sites is 2. The lowest BCUT2D eigenvalue weighted by Gasteiger charge is -2.25. The van der Waals surface area contributed by atoms with Gasteiger partial charge in [0, 0.05) is 22.5 Å². The van der Waals surface area contributed by atoms with Crippen LogP contribution in [0.15, 0.2) is 109 Å². The van der Waals surface area contributed by atoms with Crippen LogP contribution in [0.25, 0.3) is 11.4 Å². The molecule has 0 unspecified atom stereocenters. The van der Waals surface area contributed by atoms with Crippen molar-refractivity contribution in [2.45, 2.75) is 13.8 Å². The summed E-state index contributed by atoms with van der Waals surface area (Å²) in [4.78, 5) is 4.88. The van der Waals surface area contributed by atoms with Crippen molar-refractivity contribution in [2.75, 3.05) is 16.5 Å². The second-order valence-corrected chi connectivity index (χ2v) is 8.00. The summed E-state index contributed by atoms with van der Waals surface area (Å²) in [6.07, 6.45) is 0. The van der Waals surface area contributed by atoms with Crippen LogP contribution in [0, 0.1) is 13.8 Å².